The first kappa shape index (κ1) is 25.3. The highest BCUT2D eigenvalue weighted by Crippen LogP contribution is 2.37. The van der Waals surface area contributed by atoms with Crippen LogP contribution < -0.4 is 0 Å². The molecule has 0 spiro atoms. The monoisotopic (exact) mass is 576 g/mol. The Morgan fingerprint density at radius 3 is 1.89 bits per heavy atom. The zero-order valence-corrected chi connectivity index (χ0v) is 24.1. The molecule has 0 radical (unpaired) electrons. The Balaban J connectivity index is 1.25. The SMILES string of the molecule is c1ccc(-c2ccc3c(c2)oc2cc4nccc(-c5nc(-c6ccccc6)nc(-c6ccc7ccccc7c6)n5)c4cc23)cc1. The Hall–Kier alpha value is -6.20. The number of pyridine rings is 1. The van der Waals surface area contributed by atoms with Gasteiger partial charge in [-0.15, -0.1) is 0 Å². The van der Waals surface area contributed by atoms with E-state index in [0.717, 1.165) is 66.0 Å². The molecular formula is C40H24N4O. The molecule has 0 atom stereocenters. The molecule has 0 amide bonds. The number of rotatable bonds is 4. The standard InChI is InChI=1S/C40H24N4O/c1-3-9-25(10-4-1)29-17-18-31-34-23-33-32(19-20-41-35(33)24-37(34)45-36(31)22-29)40-43-38(27-12-5-2-6-13-27)42-39(44-40)30-16-15-26-11-7-8-14-28(26)21-30/h1-24H. The van der Waals surface area contributed by atoms with E-state index < -0.39 is 0 Å². The molecule has 5 heteroatoms. The van der Waals surface area contributed by atoms with E-state index in [-0.39, 0.29) is 0 Å². The van der Waals surface area contributed by atoms with E-state index in [4.69, 9.17) is 24.4 Å². The van der Waals surface area contributed by atoms with Gasteiger partial charge in [-0.3, -0.25) is 4.98 Å². The van der Waals surface area contributed by atoms with Crippen molar-refractivity contribution < 1.29 is 4.42 Å². The van der Waals surface area contributed by atoms with Crippen LogP contribution in [-0.4, -0.2) is 19.9 Å². The number of nitrogens with zero attached hydrogens (tertiary/aromatic N) is 4. The van der Waals surface area contributed by atoms with Crippen molar-refractivity contribution in [3.8, 4) is 45.3 Å². The van der Waals surface area contributed by atoms with Gasteiger partial charge < -0.3 is 4.42 Å². The summed E-state index contributed by atoms with van der Waals surface area (Å²) >= 11 is 0. The van der Waals surface area contributed by atoms with E-state index in [1.807, 2.05) is 72.8 Å². The zero-order valence-electron chi connectivity index (χ0n) is 24.1. The van der Waals surface area contributed by atoms with Crippen molar-refractivity contribution in [2.24, 2.45) is 0 Å². The van der Waals surface area contributed by atoms with Crippen molar-refractivity contribution in [1.29, 1.82) is 0 Å². The first-order valence-corrected chi connectivity index (χ1v) is 14.9. The minimum absolute atomic E-state index is 0.595. The third-order valence-electron chi connectivity index (χ3n) is 8.36. The zero-order chi connectivity index (χ0) is 29.7. The highest BCUT2D eigenvalue weighted by atomic mass is 16.3. The molecule has 0 fully saturated rings. The summed E-state index contributed by atoms with van der Waals surface area (Å²) in [5.74, 6) is 1.84. The Morgan fingerprint density at radius 2 is 1.07 bits per heavy atom. The van der Waals surface area contributed by atoms with Gasteiger partial charge in [0.15, 0.2) is 17.5 Å². The second-order valence-corrected chi connectivity index (χ2v) is 11.1. The predicted molar refractivity (Wildman–Crippen MR) is 182 cm³/mol. The lowest BCUT2D eigenvalue weighted by molar-refractivity contribution is 0.669. The van der Waals surface area contributed by atoms with Gasteiger partial charge in [-0.05, 0) is 52.2 Å². The summed E-state index contributed by atoms with van der Waals surface area (Å²) in [7, 11) is 0. The molecule has 6 aromatic carbocycles. The van der Waals surface area contributed by atoms with Crippen LogP contribution in [-0.2, 0) is 0 Å². The Labute approximate surface area is 258 Å². The number of benzene rings is 6. The summed E-state index contributed by atoms with van der Waals surface area (Å²) in [5, 5.41) is 5.34. The van der Waals surface area contributed by atoms with Crippen LogP contribution in [0.15, 0.2) is 150 Å². The topological polar surface area (TPSA) is 64.7 Å². The first-order chi connectivity index (χ1) is 22.3. The lowest BCUT2D eigenvalue weighted by Gasteiger charge is -2.10. The van der Waals surface area contributed by atoms with Crippen LogP contribution in [0.25, 0.3) is 88.9 Å². The van der Waals surface area contributed by atoms with Gasteiger partial charge >= 0.3 is 0 Å². The van der Waals surface area contributed by atoms with Crippen molar-refractivity contribution in [2.75, 3.05) is 0 Å². The summed E-state index contributed by atoms with van der Waals surface area (Å²) < 4.78 is 6.38. The number of fused-ring (bicyclic) bond motifs is 5. The molecule has 5 nitrogen and oxygen atoms in total. The van der Waals surface area contributed by atoms with Gasteiger partial charge in [0.1, 0.15) is 11.2 Å². The van der Waals surface area contributed by atoms with E-state index in [1.165, 1.54) is 5.39 Å². The summed E-state index contributed by atoms with van der Waals surface area (Å²) in [6.07, 6.45) is 1.81. The van der Waals surface area contributed by atoms with Gasteiger partial charge in [0.25, 0.3) is 0 Å². The molecule has 0 bridgehead atoms. The number of furan rings is 1. The molecule has 210 valence electrons. The molecule has 0 unspecified atom stereocenters. The largest absolute Gasteiger partial charge is 0.456 e. The predicted octanol–water partition coefficient (Wildman–Crippen LogP) is 10.1. The number of aromatic nitrogens is 4. The highest BCUT2D eigenvalue weighted by Gasteiger charge is 2.17. The molecule has 0 aliphatic carbocycles. The van der Waals surface area contributed by atoms with Crippen molar-refractivity contribution >= 4 is 43.6 Å². The van der Waals surface area contributed by atoms with Gasteiger partial charge in [-0.25, -0.2) is 15.0 Å². The quantitative estimate of drug-likeness (QED) is 0.209. The first-order valence-electron chi connectivity index (χ1n) is 14.9. The minimum atomic E-state index is 0.595. The average molecular weight is 577 g/mol. The second-order valence-electron chi connectivity index (χ2n) is 11.1. The molecule has 3 heterocycles. The average Bonchev–Trinajstić information content (AvgIpc) is 3.47. The van der Waals surface area contributed by atoms with Crippen LogP contribution in [0.3, 0.4) is 0 Å². The van der Waals surface area contributed by atoms with E-state index in [2.05, 4.69) is 66.7 Å². The maximum Gasteiger partial charge on any atom is 0.164 e. The fourth-order valence-corrected chi connectivity index (χ4v) is 6.09. The molecular weight excluding hydrogens is 552 g/mol. The number of hydrogen-bond donors (Lipinski definition) is 0. The molecule has 0 saturated heterocycles. The van der Waals surface area contributed by atoms with Crippen LogP contribution in [0.2, 0.25) is 0 Å². The normalized spacial score (nSPS) is 11.6. The Bertz CT molecular complexity index is 2540. The van der Waals surface area contributed by atoms with Crippen LogP contribution in [0.1, 0.15) is 0 Å². The minimum Gasteiger partial charge on any atom is -0.456 e. The van der Waals surface area contributed by atoms with E-state index >= 15 is 0 Å². The maximum atomic E-state index is 6.38. The van der Waals surface area contributed by atoms with Crippen molar-refractivity contribution in [3.63, 3.8) is 0 Å². The van der Waals surface area contributed by atoms with Crippen LogP contribution in [0.4, 0.5) is 0 Å². The lowest BCUT2D eigenvalue weighted by Crippen LogP contribution is -2.00. The van der Waals surface area contributed by atoms with Crippen molar-refractivity contribution in [2.45, 2.75) is 0 Å². The van der Waals surface area contributed by atoms with Crippen LogP contribution >= 0.6 is 0 Å². The third-order valence-corrected chi connectivity index (χ3v) is 8.36. The maximum absolute atomic E-state index is 6.38. The van der Waals surface area contributed by atoms with E-state index in [9.17, 15) is 0 Å². The van der Waals surface area contributed by atoms with Gasteiger partial charge in [-0.2, -0.15) is 0 Å². The molecule has 0 aliphatic rings. The fraction of sp³-hybridized carbons (Fsp3) is 0. The molecule has 9 rings (SSSR count). The molecule has 0 N–H and O–H groups in total. The molecule has 45 heavy (non-hydrogen) atoms. The molecule has 0 saturated carbocycles. The van der Waals surface area contributed by atoms with E-state index in [0.29, 0.717) is 17.5 Å². The van der Waals surface area contributed by atoms with Crippen LogP contribution in [0.5, 0.6) is 0 Å². The summed E-state index contributed by atoms with van der Waals surface area (Å²) in [6.45, 7) is 0. The highest BCUT2D eigenvalue weighted by molar-refractivity contribution is 6.12. The summed E-state index contributed by atoms with van der Waals surface area (Å²) in [4.78, 5) is 19.7. The second kappa shape index (κ2) is 10.2. The molecule has 9 aromatic rings. The molecule has 3 aromatic heterocycles. The number of hydrogen-bond acceptors (Lipinski definition) is 5. The summed E-state index contributed by atoms with van der Waals surface area (Å²) in [6, 6.07) is 47.6. The van der Waals surface area contributed by atoms with E-state index in [1.54, 1.807) is 6.20 Å². The van der Waals surface area contributed by atoms with Crippen molar-refractivity contribution in [3.05, 3.63) is 146 Å². The lowest BCUT2D eigenvalue weighted by atomic mass is 10.0. The van der Waals surface area contributed by atoms with Gasteiger partial charge in [0, 0.05) is 45.1 Å². The third kappa shape index (κ3) is 4.41. The van der Waals surface area contributed by atoms with Gasteiger partial charge in [0.05, 0.1) is 5.52 Å². The summed E-state index contributed by atoms with van der Waals surface area (Å²) in [5.41, 5.74) is 7.48. The van der Waals surface area contributed by atoms with Gasteiger partial charge in [0.2, 0.25) is 0 Å². The van der Waals surface area contributed by atoms with Crippen molar-refractivity contribution in [1.82, 2.24) is 19.9 Å². The smallest absolute Gasteiger partial charge is 0.164 e. The fourth-order valence-electron chi connectivity index (χ4n) is 6.09. The molecule has 0 aliphatic heterocycles. The van der Waals surface area contributed by atoms with Gasteiger partial charge in [-0.1, -0.05) is 103 Å². The van der Waals surface area contributed by atoms with Crippen LogP contribution in [0, 0.1) is 0 Å². The Morgan fingerprint density at radius 1 is 0.400 bits per heavy atom. The Kier molecular flexibility index (Phi) is 5.74.